The van der Waals surface area contributed by atoms with Crippen LogP contribution in [0.25, 0.3) is 5.78 Å². The minimum absolute atomic E-state index is 0.0854. The van der Waals surface area contributed by atoms with Crippen LogP contribution in [0.5, 0.6) is 0 Å². The van der Waals surface area contributed by atoms with Crippen molar-refractivity contribution in [2.75, 3.05) is 4.90 Å². The molecule has 4 rings (SSSR count). The van der Waals surface area contributed by atoms with Gasteiger partial charge in [-0.25, -0.2) is 9.37 Å². The normalized spacial score (nSPS) is 11.1. The summed E-state index contributed by atoms with van der Waals surface area (Å²) in [6.07, 6.45) is 0. The monoisotopic (exact) mass is 405 g/mol. The lowest BCUT2D eigenvalue weighted by Gasteiger charge is -2.20. The molecule has 0 atom stereocenters. The molecule has 0 bridgehead atoms. The number of hydrogen-bond donors (Lipinski definition) is 1. The number of fused-ring (bicyclic) bond motifs is 1. The van der Waals surface area contributed by atoms with Gasteiger partial charge in [-0.15, -0.1) is 0 Å². The number of rotatable bonds is 4. The highest BCUT2D eigenvalue weighted by Crippen LogP contribution is 2.19. The maximum atomic E-state index is 14.3. The number of hydrogen-bond acceptors (Lipinski definition) is 4. The number of nitrogens with one attached hydrogen (secondary N) is 1. The quantitative estimate of drug-likeness (QED) is 0.565. The zero-order valence-corrected chi connectivity index (χ0v) is 16.8. The van der Waals surface area contributed by atoms with Crippen molar-refractivity contribution >= 4 is 17.6 Å². The Labute approximate surface area is 171 Å². The van der Waals surface area contributed by atoms with Gasteiger partial charge in [-0.1, -0.05) is 42.0 Å². The fourth-order valence-electron chi connectivity index (χ4n) is 3.11. The number of nitrogens with zero attached hydrogens (tertiary/aromatic N) is 4. The van der Waals surface area contributed by atoms with Crippen LogP contribution in [0.2, 0.25) is 0 Å². The summed E-state index contributed by atoms with van der Waals surface area (Å²) in [7, 11) is 0. The van der Waals surface area contributed by atoms with E-state index in [0.717, 1.165) is 11.1 Å². The summed E-state index contributed by atoms with van der Waals surface area (Å²) in [6, 6.07) is 13.4. The topological polar surface area (TPSA) is 83.4 Å². The van der Waals surface area contributed by atoms with E-state index in [2.05, 4.69) is 15.1 Å². The SMILES string of the molecule is Cc1ccc(CN(C(=O)c2ccccc2F)c2nc3nc(C)c(C)c(=O)n3[nH]2)cc1. The van der Waals surface area contributed by atoms with E-state index in [4.69, 9.17) is 0 Å². The van der Waals surface area contributed by atoms with Crippen LogP contribution in [0, 0.1) is 26.6 Å². The highest BCUT2D eigenvalue weighted by molar-refractivity contribution is 6.05. The Balaban J connectivity index is 1.84. The molecule has 152 valence electrons. The van der Waals surface area contributed by atoms with Crippen molar-refractivity contribution in [1.82, 2.24) is 19.6 Å². The summed E-state index contributed by atoms with van der Waals surface area (Å²) in [6.45, 7) is 5.50. The lowest BCUT2D eigenvalue weighted by molar-refractivity contribution is 0.0979. The smallest absolute Gasteiger partial charge is 0.272 e. The van der Waals surface area contributed by atoms with Gasteiger partial charge >= 0.3 is 0 Å². The van der Waals surface area contributed by atoms with Gasteiger partial charge in [0.25, 0.3) is 17.2 Å². The van der Waals surface area contributed by atoms with Crippen molar-refractivity contribution in [3.63, 3.8) is 0 Å². The number of aromatic amines is 1. The summed E-state index contributed by atoms with van der Waals surface area (Å²) in [5, 5.41) is 2.85. The molecule has 2 aromatic carbocycles. The first-order chi connectivity index (χ1) is 14.3. The molecule has 0 fully saturated rings. The van der Waals surface area contributed by atoms with Crippen LogP contribution in [-0.4, -0.2) is 25.5 Å². The number of amides is 1. The Kier molecular flexibility index (Phi) is 4.91. The molecule has 0 aliphatic rings. The number of benzene rings is 2. The largest absolute Gasteiger partial charge is 0.277 e. The first-order valence-corrected chi connectivity index (χ1v) is 9.43. The van der Waals surface area contributed by atoms with E-state index in [-0.39, 0.29) is 29.4 Å². The fraction of sp³-hybridized carbons (Fsp3) is 0.182. The third kappa shape index (κ3) is 3.47. The summed E-state index contributed by atoms with van der Waals surface area (Å²) in [4.78, 5) is 35.8. The second kappa shape index (κ2) is 7.55. The van der Waals surface area contributed by atoms with E-state index in [1.165, 1.54) is 27.6 Å². The van der Waals surface area contributed by atoms with Crippen LogP contribution in [0.4, 0.5) is 10.3 Å². The number of anilines is 1. The van der Waals surface area contributed by atoms with Crippen molar-refractivity contribution in [3.05, 3.63) is 92.6 Å². The zero-order chi connectivity index (χ0) is 21.4. The van der Waals surface area contributed by atoms with E-state index >= 15 is 0 Å². The molecule has 0 unspecified atom stereocenters. The summed E-state index contributed by atoms with van der Waals surface area (Å²) in [5.41, 5.74) is 2.56. The Morgan fingerprint density at radius 3 is 2.47 bits per heavy atom. The number of aryl methyl sites for hydroxylation is 2. The average Bonchev–Trinajstić information content (AvgIpc) is 3.15. The van der Waals surface area contributed by atoms with Crippen molar-refractivity contribution in [2.45, 2.75) is 27.3 Å². The van der Waals surface area contributed by atoms with Gasteiger partial charge in [0, 0.05) is 11.3 Å². The fourth-order valence-corrected chi connectivity index (χ4v) is 3.11. The molecule has 0 radical (unpaired) electrons. The lowest BCUT2D eigenvalue weighted by Crippen LogP contribution is -2.32. The van der Waals surface area contributed by atoms with E-state index < -0.39 is 11.7 Å². The van der Waals surface area contributed by atoms with Gasteiger partial charge in [-0.3, -0.25) is 19.6 Å². The highest BCUT2D eigenvalue weighted by Gasteiger charge is 2.24. The number of aromatic nitrogens is 4. The Morgan fingerprint density at radius 1 is 1.07 bits per heavy atom. The van der Waals surface area contributed by atoms with Crippen LogP contribution >= 0.6 is 0 Å². The molecular weight excluding hydrogens is 385 g/mol. The molecule has 4 aromatic rings. The molecule has 2 heterocycles. The van der Waals surface area contributed by atoms with Gasteiger partial charge in [0.2, 0.25) is 5.95 Å². The first kappa shape index (κ1) is 19.5. The second-order valence-corrected chi connectivity index (χ2v) is 7.17. The standard InChI is InChI=1S/C22H20FN5O2/c1-13-8-10-16(11-9-13)12-27(20(30)17-6-4-5-7-18(17)23)22-25-21-24-15(3)14(2)19(29)28(21)26-22/h4-11H,12H2,1-3H3,(H,24,25,26). The first-order valence-electron chi connectivity index (χ1n) is 9.43. The molecule has 0 aliphatic heterocycles. The van der Waals surface area contributed by atoms with Gasteiger partial charge in [0.15, 0.2) is 0 Å². The molecule has 0 saturated heterocycles. The molecule has 0 spiro atoms. The molecule has 8 heteroatoms. The minimum Gasteiger partial charge on any atom is -0.272 e. The Hall–Kier alpha value is -3.81. The van der Waals surface area contributed by atoms with Gasteiger partial charge in [-0.2, -0.15) is 9.50 Å². The molecule has 0 aliphatic carbocycles. The second-order valence-electron chi connectivity index (χ2n) is 7.17. The third-order valence-corrected chi connectivity index (χ3v) is 5.02. The lowest BCUT2D eigenvalue weighted by atomic mass is 10.1. The summed E-state index contributed by atoms with van der Waals surface area (Å²) >= 11 is 0. The summed E-state index contributed by atoms with van der Waals surface area (Å²) < 4.78 is 15.5. The Bertz CT molecular complexity index is 1310. The van der Waals surface area contributed by atoms with E-state index in [0.29, 0.717) is 11.3 Å². The van der Waals surface area contributed by atoms with E-state index in [1.54, 1.807) is 19.9 Å². The number of carbonyl (C=O) groups is 1. The van der Waals surface area contributed by atoms with Crippen LogP contribution in [0.1, 0.15) is 32.7 Å². The Morgan fingerprint density at radius 2 is 1.77 bits per heavy atom. The van der Waals surface area contributed by atoms with Crippen molar-refractivity contribution in [1.29, 1.82) is 0 Å². The van der Waals surface area contributed by atoms with E-state index in [1.807, 2.05) is 31.2 Å². The summed E-state index contributed by atoms with van der Waals surface area (Å²) in [5.74, 6) is -0.949. The predicted octanol–water partition coefficient (Wildman–Crippen LogP) is 3.33. The molecule has 1 amide bonds. The highest BCUT2D eigenvalue weighted by atomic mass is 19.1. The van der Waals surface area contributed by atoms with Crippen LogP contribution < -0.4 is 10.5 Å². The van der Waals surface area contributed by atoms with E-state index in [9.17, 15) is 14.0 Å². The molecule has 7 nitrogen and oxygen atoms in total. The molecule has 1 N–H and O–H groups in total. The molecule has 30 heavy (non-hydrogen) atoms. The average molecular weight is 405 g/mol. The number of carbonyl (C=O) groups excluding carboxylic acids is 1. The van der Waals surface area contributed by atoms with Gasteiger partial charge in [0.05, 0.1) is 12.1 Å². The maximum absolute atomic E-state index is 14.3. The molecular formula is C22H20FN5O2. The molecule has 0 saturated carbocycles. The maximum Gasteiger partial charge on any atom is 0.277 e. The number of H-pyrrole nitrogens is 1. The van der Waals surface area contributed by atoms with Crippen molar-refractivity contribution in [3.8, 4) is 0 Å². The van der Waals surface area contributed by atoms with Crippen molar-refractivity contribution < 1.29 is 9.18 Å². The van der Waals surface area contributed by atoms with Gasteiger partial charge < -0.3 is 0 Å². The van der Waals surface area contributed by atoms with Gasteiger partial charge in [0.1, 0.15) is 5.82 Å². The number of halogens is 1. The minimum atomic E-state index is -0.630. The van der Waals surface area contributed by atoms with Crippen molar-refractivity contribution in [2.24, 2.45) is 0 Å². The predicted molar refractivity (Wildman–Crippen MR) is 111 cm³/mol. The van der Waals surface area contributed by atoms with Crippen LogP contribution in [0.3, 0.4) is 0 Å². The van der Waals surface area contributed by atoms with Crippen LogP contribution in [0.15, 0.2) is 53.3 Å². The van der Waals surface area contributed by atoms with Crippen LogP contribution in [-0.2, 0) is 6.54 Å². The zero-order valence-electron chi connectivity index (χ0n) is 16.8. The van der Waals surface area contributed by atoms with Gasteiger partial charge in [-0.05, 0) is 38.5 Å². The third-order valence-electron chi connectivity index (χ3n) is 5.02. The molecule has 2 aromatic heterocycles.